The molecule has 25 heavy (non-hydrogen) atoms. The first kappa shape index (κ1) is 15.1. The zero-order valence-corrected chi connectivity index (χ0v) is 13.8. The first-order valence-corrected chi connectivity index (χ1v) is 8.06. The van der Waals surface area contributed by atoms with Gasteiger partial charge in [-0.3, -0.25) is 9.39 Å². The van der Waals surface area contributed by atoms with Crippen LogP contribution in [0.1, 0.15) is 5.69 Å². The van der Waals surface area contributed by atoms with Crippen LogP contribution >= 0.6 is 0 Å². The molecule has 0 aliphatic heterocycles. The van der Waals surface area contributed by atoms with E-state index in [1.165, 1.54) is 0 Å². The molecule has 0 radical (unpaired) electrons. The zero-order chi connectivity index (χ0) is 17.1. The van der Waals surface area contributed by atoms with E-state index in [4.69, 9.17) is 9.72 Å². The number of hydrogen-bond acceptors (Lipinski definition) is 3. The van der Waals surface area contributed by atoms with Gasteiger partial charge in [-0.2, -0.15) is 0 Å². The molecule has 2 heterocycles. The maximum atomic E-state index is 5.25. The molecule has 4 aromatic rings. The molecular weight excluding hydrogens is 310 g/mol. The number of aliphatic imine (C=N–C) groups is 1. The lowest BCUT2D eigenvalue weighted by atomic mass is 10.2. The van der Waals surface area contributed by atoms with E-state index in [-0.39, 0.29) is 0 Å². The monoisotopic (exact) mass is 327 g/mol. The summed E-state index contributed by atoms with van der Waals surface area (Å²) in [5.41, 5.74) is 3.76. The Hall–Kier alpha value is -3.40. The van der Waals surface area contributed by atoms with Gasteiger partial charge in [-0.1, -0.05) is 42.5 Å². The summed E-state index contributed by atoms with van der Waals surface area (Å²) in [4.78, 5) is 9.36. The third kappa shape index (κ3) is 3.02. The summed E-state index contributed by atoms with van der Waals surface area (Å²) >= 11 is 0. The molecule has 0 fully saturated rings. The quantitative estimate of drug-likeness (QED) is 0.507. The molecule has 0 atom stereocenters. The summed E-state index contributed by atoms with van der Waals surface area (Å²) in [6.07, 6.45) is 3.82. The summed E-state index contributed by atoms with van der Waals surface area (Å²) in [7, 11) is 1.65. The van der Waals surface area contributed by atoms with Crippen molar-refractivity contribution in [1.82, 2.24) is 9.38 Å². The molecule has 2 aromatic heterocycles. The van der Waals surface area contributed by atoms with Crippen LogP contribution in [0.4, 0.5) is 5.69 Å². The Morgan fingerprint density at radius 2 is 1.80 bits per heavy atom. The van der Waals surface area contributed by atoms with Gasteiger partial charge in [0.25, 0.3) is 0 Å². The summed E-state index contributed by atoms with van der Waals surface area (Å²) in [5, 5.41) is 0. The van der Waals surface area contributed by atoms with Gasteiger partial charge in [-0.05, 0) is 24.3 Å². The van der Waals surface area contributed by atoms with Gasteiger partial charge in [0.05, 0.1) is 24.5 Å². The third-order valence-electron chi connectivity index (χ3n) is 4.00. The second-order valence-corrected chi connectivity index (χ2v) is 5.60. The van der Waals surface area contributed by atoms with Gasteiger partial charge in [-0.25, -0.2) is 4.98 Å². The fraction of sp³-hybridized carbons (Fsp3) is 0.0476. The standard InChI is InChI=1S/C21H17N3O/c1-25-18-11-7-10-17(14-18)22-15-19-20-12-5-6-13-24(20)21(23-19)16-8-3-2-4-9-16/h2-15H,1H3. The van der Waals surface area contributed by atoms with E-state index in [1.807, 2.05) is 66.9 Å². The highest BCUT2D eigenvalue weighted by Gasteiger charge is 2.10. The molecule has 2 aromatic carbocycles. The van der Waals surface area contributed by atoms with Crippen molar-refractivity contribution in [2.45, 2.75) is 0 Å². The normalized spacial score (nSPS) is 11.2. The van der Waals surface area contributed by atoms with E-state index in [0.29, 0.717) is 0 Å². The molecule has 0 bridgehead atoms. The lowest BCUT2D eigenvalue weighted by Gasteiger charge is -2.00. The highest BCUT2D eigenvalue weighted by Crippen LogP contribution is 2.23. The van der Waals surface area contributed by atoms with Crippen molar-refractivity contribution in [2.75, 3.05) is 7.11 Å². The molecule has 4 nitrogen and oxygen atoms in total. The topological polar surface area (TPSA) is 38.9 Å². The van der Waals surface area contributed by atoms with Crippen LogP contribution in [0.25, 0.3) is 16.9 Å². The van der Waals surface area contributed by atoms with Gasteiger partial charge < -0.3 is 4.74 Å². The molecule has 0 aliphatic carbocycles. The molecule has 122 valence electrons. The highest BCUT2D eigenvalue weighted by molar-refractivity contribution is 5.90. The summed E-state index contributed by atoms with van der Waals surface area (Å²) in [5.74, 6) is 1.69. The van der Waals surface area contributed by atoms with E-state index < -0.39 is 0 Å². The number of nitrogens with zero attached hydrogens (tertiary/aromatic N) is 3. The fourth-order valence-electron chi connectivity index (χ4n) is 2.77. The van der Waals surface area contributed by atoms with Crippen LogP contribution in [-0.4, -0.2) is 22.7 Å². The van der Waals surface area contributed by atoms with E-state index in [1.54, 1.807) is 13.3 Å². The van der Waals surface area contributed by atoms with Gasteiger partial charge in [0.1, 0.15) is 17.3 Å². The van der Waals surface area contributed by atoms with Crippen molar-refractivity contribution in [3.63, 3.8) is 0 Å². The van der Waals surface area contributed by atoms with E-state index in [0.717, 1.165) is 34.0 Å². The Kier molecular flexibility index (Phi) is 4.01. The minimum atomic E-state index is 0.786. The van der Waals surface area contributed by atoms with Crippen molar-refractivity contribution in [1.29, 1.82) is 0 Å². The fourth-order valence-corrected chi connectivity index (χ4v) is 2.77. The molecule has 4 heteroatoms. The molecule has 0 N–H and O–H groups in total. The van der Waals surface area contributed by atoms with Crippen LogP contribution in [0.5, 0.6) is 5.75 Å². The van der Waals surface area contributed by atoms with Crippen molar-refractivity contribution in [2.24, 2.45) is 4.99 Å². The van der Waals surface area contributed by atoms with Crippen LogP contribution in [0.3, 0.4) is 0 Å². The Labute approximate surface area is 146 Å². The van der Waals surface area contributed by atoms with Crippen molar-refractivity contribution in [3.05, 3.63) is 84.7 Å². The van der Waals surface area contributed by atoms with Gasteiger partial charge in [-0.15, -0.1) is 0 Å². The van der Waals surface area contributed by atoms with Crippen LogP contribution in [0.15, 0.2) is 84.0 Å². The highest BCUT2D eigenvalue weighted by atomic mass is 16.5. The van der Waals surface area contributed by atoms with Crippen molar-refractivity contribution < 1.29 is 4.74 Å². The van der Waals surface area contributed by atoms with E-state index >= 15 is 0 Å². The SMILES string of the molecule is COc1cccc(N=Cc2nc(-c3ccccc3)n3ccccc23)c1. The number of ether oxygens (including phenoxy) is 1. The van der Waals surface area contributed by atoms with Crippen molar-refractivity contribution in [3.8, 4) is 17.1 Å². The minimum Gasteiger partial charge on any atom is -0.497 e. The zero-order valence-electron chi connectivity index (χ0n) is 13.8. The lowest BCUT2D eigenvalue weighted by Crippen LogP contribution is -1.87. The van der Waals surface area contributed by atoms with Crippen LogP contribution in [-0.2, 0) is 0 Å². The van der Waals surface area contributed by atoms with Gasteiger partial charge >= 0.3 is 0 Å². The van der Waals surface area contributed by atoms with Gasteiger partial charge in [0.2, 0.25) is 0 Å². The number of imidazole rings is 1. The molecular formula is C21H17N3O. The van der Waals surface area contributed by atoms with Crippen LogP contribution < -0.4 is 4.74 Å². The van der Waals surface area contributed by atoms with Crippen LogP contribution in [0, 0.1) is 0 Å². The number of aromatic nitrogens is 2. The maximum Gasteiger partial charge on any atom is 0.145 e. The molecule has 0 amide bonds. The molecule has 4 rings (SSSR count). The maximum absolute atomic E-state index is 5.25. The first-order chi connectivity index (χ1) is 12.3. The minimum absolute atomic E-state index is 0.786. The summed E-state index contributed by atoms with van der Waals surface area (Å²) < 4.78 is 7.33. The second kappa shape index (κ2) is 6.61. The number of hydrogen-bond donors (Lipinski definition) is 0. The average molecular weight is 327 g/mol. The molecule has 0 saturated heterocycles. The Balaban J connectivity index is 1.79. The average Bonchev–Trinajstić information content (AvgIpc) is 3.06. The Bertz CT molecular complexity index is 1040. The van der Waals surface area contributed by atoms with E-state index in [2.05, 4.69) is 21.5 Å². The number of methoxy groups -OCH3 is 1. The number of fused-ring (bicyclic) bond motifs is 1. The predicted octanol–water partition coefficient (Wildman–Crippen LogP) is 4.76. The number of rotatable bonds is 4. The smallest absolute Gasteiger partial charge is 0.145 e. The Morgan fingerprint density at radius 3 is 2.64 bits per heavy atom. The molecule has 0 unspecified atom stereocenters. The molecule has 0 spiro atoms. The summed E-state index contributed by atoms with van der Waals surface area (Å²) in [6.45, 7) is 0. The lowest BCUT2D eigenvalue weighted by molar-refractivity contribution is 0.415. The number of benzene rings is 2. The Morgan fingerprint density at radius 1 is 0.960 bits per heavy atom. The van der Waals surface area contributed by atoms with Gasteiger partial charge in [0.15, 0.2) is 0 Å². The largest absolute Gasteiger partial charge is 0.497 e. The van der Waals surface area contributed by atoms with Crippen LogP contribution in [0.2, 0.25) is 0 Å². The second-order valence-electron chi connectivity index (χ2n) is 5.60. The summed E-state index contributed by atoms with van der Waals surface area (Å²) in [6, 6.07) is 23.9. The molecule has 0 saturated carbocycles. The molecule has 0 aliphatic rings. The predicted molar refractivity (Wildman–Crippen MR) is 101 cm³/mol. The van der Waals surface area contributed by atoms with Crippen molar-refractivity contribution >= 4 is 17.4 Å². The van der Waals surface area contributed by atoms with Gasteiger partial charge in [0, 0.05) is 17.8 Å². The number of pyridine rings is 1. The third-order valence-corrected chi connectivity index (χ3v) is 4.00. The first-order valence-electron chi connectivity index (χ1n) is 8.06. The van der Waals surface area contributed by atoms with E-state index in [9.17, 15) is 0 Å².